The Balaban J connectivity index is 1.47. The summed E-state index contributed by atoms with van der Waals surface area (Å²) >= 11 is 0. The number of aryl methyl sites for hydroxylation is 2. The van der Waals surface area contributed by atoms with Crippen molar-refractivity contribution in [1.29, 1.82) is 0 Å². The molecule has 0 saturated carbocycles. The number of ether oxygens (including phenoxy) is 2. The fraction of sp³-hybridized carbons (Fsp3) is 0.200. The molecule has 0 aliphatic rings. The molecule has 0 fully saturated rings. The number of nitrogens with zero attached hydrogens (tertiary/aromatic N) is 3. The maximum atomic E-state index is 12.3. The van der Waals surface area contributed by atoms with Crippen LogP contribution in [-0.4, -0.2) is 34.2 Å². The van der Waals surface area contributed by atoms with Crippen LogP contribution in [0, 0.1) is 13.8 Å². The zero-order chi connectivity index (χ0) is 23.2. The number of anilines is 1. The van der Waals surface area contributed by atoms with Crippen molar-refractivity contribution in [3.8, 4) is 34.3 Å². The molecule has 0 bridgehead atoms. The molecule has 0 unspecified atom stereocenters. The van der Waals surface area contributed by atoms with E-state index in [0.29, 0.717) is 41.2 Å². The number of rotatable bonds is 8. The van der Waals surface area contributed by atoms with Crippen molar-refractivity contribution in [2.24, 2.45) is 0 Å². The number of hydrogen-bond acceptors (Lipinski definition) is 7. The number of carbonyl (C=O) groups excluding carboxylic acids is 1. The lowest BCUT2D eigenvalue weighted by Gasteiger charge is -2.12. The third-order valence-corrected chi connectivity index (χ3v) is 4.74. The largest absolute Gasteiger partial charge is 0.490 e. The minimum absolute atomic E-state index is 0.186. The number of carbonyl (C=O) groups is 1. The van der Waals surface area contributed by atoms with Crippen LogP contribution in [-0.2, 0) is 4.79 Å². The Morgan fingerprint density at radius 2 is 1.73 bits per heavy atom. The topological polar surface area (TPSA) is 99.4 Å². The standard InChI is InChI=1S/C25H24N4O4/c1-4-31-21-14-19(24-28-25(33-29-24)18-10-8-16(2)9-11-18)12-13-20(21)32-15-23(30)27-22-7-5-6-17(3)26-22/h5-14H,4,15H2,1-3H3,(H,26,27,30). The highest BCUT2D eigenvalue weighted by molar-refractivity contribution is 5.91. The van der Waals surface area contributed by atoms with Gasteiger partial charge in [0.2, 0.25) is 5.82 Å². The van der Waals surface area contributed by atoms with E-state index >= 15 is 0 Å². The van der Waals surface area contributed by atoms with Gasteiger partial charge in [-0.3, -0.25) is 4.79 Å². The van der Waals surface area contributed by atoms with Gasteiger partial charge in [0.15, 0.2) is 18.1 Å². The summed E-state index contributed by atoms with van der Waals surface area (Å²) in [5, 5.41) is 6.81. The smallest absolute Gasteiger partial charge is 0.263 e. The van der Waals surface area contributed by atoms with E-state index in [0.717, 1.165) is 16.8 Å². The maximum absolute atomic E-state index is 12.3. The van der Waals surface area contributed by atoms with Gasteiger partial charge in [-0.05, 0) is 63.2 Å². The predicted molar refractivity (Wildman–Crippen MR) is 124 cm³/mol. The summed E-state index contributed by atoms with van der Waals surface area (Å²) in [6, 6.07) is 18.5. The highest BCUT2D eigenvalue weighted by Gasteiger charge is 2.15. The van der Waals surface area contributed by atoms with Crippen molar-refractivity contribution in [1.82, 2.24) is 15.1 Å². The second kappa shape index (κ2) is 9.95. The van der Waals surface area contributed by atoms with Crippen LogP contribution in [0.4, 0.5) is 5.82 Å². The minimum atomic E-state index is -0.319. The number of amides is 1. The van der Waals surface area contributed by atoms with E-state index < -0.39 is 0 Å². The van der Waals surface area contributed by atoms with E-state index in [9.17, 15) is 4.79 Å². The van der Waals surface area contributed by atoms with Gasteiger partial charge in [0.1, 0.15) is 5.82 Å². The fourth-order valence-electron chi connectivity index (χ4n) is 3.12. The summed E-state index contributed by atoms with van der Waals surface area (Å²) in [7, 11) is 0. The van der Waals surface area contributed by atoms with Crippen molar-refractivity contribution in [2.45, 2.75) is 20.8 Å². The number of pyridine rings is 1. The number of benzene rings is 2. The van der Waals surface area contributed by atoms with E-state index in [4.69, 9.17) is 14.0 Å². The SMILES string of the molecule is CCOc1cc(-c2noc(-c3ccc(C)cc3)n2)ccc1OCC(=O)Nc1cccc(C)n1. The van der Waals surface area contributed by atoms with Gasteiger partial charge in [-0.15, -0.1) is 0 Å². The average Bonchev–Trinajstić information content (AvgIpc) is 3.29. The molecule has 1 amide bonds. The number of nitrogens with one attached hydrogen (secondary N) is 1. The van der Waals surface area contributed by atoms with E-state index in [1.54, 1.807) is 24.3 Å². The molecule has 4 rings (SSSR count). The van der Waals surface area contributed by atoms with Crippen LogP contribution in [0.2, 0.25) is 0 Å². The molecule has 0 aliphatic heterocycles. The van der Waals surface area contributed by atoms with Crippen molar-refractivity contribution >= 4 is 11.7 Å². The minimum Gasteiger partial charge on any atom is -0.490 e. The van der Waals surface area contributed by atoms with Crippen LogP contribution in [0.1, 0.15) is 18.2 Å². The molecule has 0 aliphatic carbocycles. The van der Waals surface area contributed by atoms with Crippen LogP contribution >= 0.6 is 0 Å². The van der Waals surface area contributed by atoms with Gasteiger partial charge in [0.25, 0.3) is 11.8 Å². The first-order valence-electron chi connectivity index (χ1n) is 10.6. The molecular weight excluding hydrogens is 420 g/mol. The van der Waals surface area contributed by atoms with Gasteiger partial charge in [-0.2, -0.15) is 4.98 Å². The first-order valence-corrected chi connectivity index (χ1v) is 10.6. The first kappa shape index (κ1) is 22.0. The Morgan fingerprint density at radius 3 is 2.48 bits per heavy atom. The summed E-state index contributed by atoms with van der Waals surface area (Å²) in [5.74, 6) is 1.95. The highest BCUT2D eigenvalue weighted by Crippen LogP contribution is 2.32. The zero-order valence-electron chi connectivity index (χ0n) is 18.7. The van der Waals surface area contributed by atoms with Crippen LogP contribution in [0.15, 0.2) is 65.2 Å². The lowest BCUT2D eigenvalue weighted by molar-refractivity contribution is -0.118. The Bertz CT molecular complexity index is 1250. The molecule has 1 N–H and O–H groups in total. The van der Waals surface area contributed by atoms with Gasteiger partial charge >= 0.3 is 0 Å². The molecule has 168 valence electrons. The van der Waals surface area contributed by atoms with Crippen LogP contribution in [0.3, 0.4) is 0 Å². The second-order valence-electron chi connectivity index (χ2n) is 7.38. The molecule has 8 heteroatoms. The van der Waals surface area contributed by atoms with Crippen molar-refractivity contribution < 1.29 is 18.8 Å². The summed E-state index contributed by atoms with van der Waals surface area (Å²) in [6.45, 7) is 5.99. The van der Waals surface area contributed by atoms with Gasteiger partial charge in [0.05, 0.1) is 6.61 Å². The Hall–Kier alpha value is -4.20. The molecule has 4 aromatic rings. The van der Waals surface area contributed by atoms with Crippen LogP contribution in [0.25, 0.3) is 22.8 Å². The van der Waals surface area contributed by atoms with Crippen molar-refractivity contribution in [3.05, 3.63) is 71.9 Å². The predicted octanol–water partition coefficient (Wildman–Crippen LogP) is 4.83. The summed E-state index contributed by atoms with van der Waals surface area (Å²) in [4.78, 5) is 21.0. The normalized spacial score (nSPS) is 10.6. The molecule has 0 saturated heterocycles. The van der Waals surface area contributed by atoms with Crippen molar-refractivity contribution in [3.63, 3.8) is 0 Å². The monoisotopic (exact) mass is 444 g/mol. The molecule has 2 heterocycles. The Morgan fingerprint density at radius 1 is 0.939 bits per heavy atom. The Labute approximate surface area is 191 Å². The second-order valence-corrected chi connectivity index (χ2v) is 7.38. The van der Waals surface area contributed by atoms with E-state index in [2.05, 4.69) is 20.4 Å². The van der Waals surface area contributed by atoms with Gasteiger partial charge in [-0.25, -0.2) is 4.98 Å². The molecule has 0 spiro atoms. The Kier molecular flexibility index (Phi) is 6.64. The van der Waals surface area contributed by atoms with E-state index in [1.165, 1.54) is 0 Å². The number of hydrogen-bond donors (Lipinski definition) is 1. The molecular formula is C25H24N4O4. The quantitative estimate of drug-likeness (QED) is 0.415. The summed E-state index contributed by atoms with van der Waals surface area (Å²) < 4.78 is 16.8. The summed E-state index contributed by atoms with van der Waals surface area (Å²) in [6.07, 6.45) is 0. The molecule has 2 aromatic heterocycles. The lowest BCUT2D eigenvalue weighted by atomic mass is 10.1. The number of aromatic nitrogens is 3. The molecule has 2 aromatic carbocycles. The molecule has 33 heavy (non-hydrogen) atoms. The average molecular weight is 444 g/mol. The van der Waals surface area contributed by atoms with Crippen molar-refractivity contribution in [2.75, 3.05) is 18.5 Å². The van der Waals surface area contributed by atoms with E-state index in [-0.39, 0.29) is 12.5 Å². The van der Waals surface area contributed by atoms with Gasteiger partial charge < -0.3 is 19.3 Å². The third kappa shape index (κ3) is 5.54. The summed E-state index contributed by atoms with van der Waals surface area (Å²) in [5.41, 5.74) is 3.52. The third-order valence-electron chi connectivity index (χ3n) is 4.74. The van der Waals surface area contributed by atoms with Crippen LogP contribution < -0.4 is 14.8 Å². The van der Waals surface area contributed by atoms with Gasteiger partial charge in [0, 0.05) is 16.8 Å². The molecule has 8 nitrogen and oxygen atoms in total. The first-order chi connectivity index (χ1) is 16.0. The lowest BCUT2D eigenvalue weighted by Crippen LogP contribution is -2.21. The van der Waals surface area contributed by atoms with Gasteiger partial charge in [-0.1, -0.05) is 28.9 Å². The van der Waals surface area contributed by atoms with Crippen LogP contribution in [0.5, 0.6) is 11.5 Å². The fourth-order valence-corrected chi connectivity index (χ4v) is 3.12. The molecule has 0 radical (unpaired) electrons. The van der Waals surface area contributed by atoms with E-state index in [1.807, 2.05) is 57.2 Å². The zero-order valence-corrected chi connectivity index (χ0v) is 18.7. The highest BCUT2D eigenvalue weighted by atomic mass is 16.5. The molecule has 0 atom stereocenters. The maximum Gasteiger partial charge on any atom is 0.263 e.